The first-order valence-corrected chi connectivity index (χ1v) is 11.9. The molecule has 1 atom stereocenters. The predicted octanol–water partition coefficient (Wildman–Crippen LogP) is 5.56. The lowest BCUT2D eigenvalue weighted by Crippen LogP contribution is -2.41. The zero-order valence-corrected chi connectivity index (χ0v) is 18.6. The number of morpholine rings is 1. The van der Waals surface area contributed by atoms with Gasteiger partial charge in [0.2, 0.25) is 0 Å². The molecular weight excluding hydrogens is 436 g/mol. The van der Waals surface area contributed by atoms with E-state index in [0.29, 0.717) is 6.04 Å². The minimum Gasteiger partial charge on any atom is -0.379 e. The van der Waals surface area contributed by atoms with Crippen molar-refractivity contribution in [2.75, 3.05) is 38.2 Å². The third kappa shape index (κ3) is 4.22. The first-order valence-electron chi connectivity index (χ1n) is 9.87. The van der Waals surface area contributed by atoms with Gasteiger partial charge in [-0.2, -0.15) is 0 Å². The Balaban J connectivity index is 1.40. The van der Waals surface area contributed by atoms with Crippen LogP contribution in [0.1, 0.15) is 10.9 Å². The van der Waals surface area contributed by atoms with Gasteiger partial charge in [0, 0.05) is 34.4 Å². The number of ether oxygens (including phenoxy) is 1. The molecule has 1 aliphatic heterocycles. The van der Waals surface area contributed by atoms with Crippen LogP contribution in [-0.2, 0) is 4.74 Å². The Morgan fingerprint density at radius 3 is 2.73 bits per heavy atom. The third-order valence-corrected chi connectivity index (χ3v) is 7.67. The molecule has 3 aromatic heterocycles. The van der Waals surface area contributed by atoms with E-state index in [1.54, 1.807) is 29.0 Å². The van der Waals surface area contributed by atoms with Crippen molar-refractivity contribution < 1.29 is 4.74 Å². The average Bonchev–Trinajstić information content (AvgIpc) is 3.46. The van der Waals surface area contributed by atoms with Crippen molar-refractivity contribution in [2.24, 2.45) is 0 Å². The molecule has 0 radical (unpaired) electrons. The van der Waals surface area contributed by atoms with Gasteiger partial charge < -0.3 is 10.1 Å². The third-order valence-electron chi connectivity index (χ3n) is 5.26. The summed E-state index contributed by atoms with van der Waals surface area (Å²) < 4.78 is 6.63. The molecule has 0 spiro atoms. The van der Waals surface area contributed by atoms with Gasteiger partial charge in [0.25, 0.3) is 0 Å². The number of nitrogens with zero attached hydrogens (tertiary/aromatic N) is 3. The standard InChI is InChI=1S/C22H21ClN4OS2/c23-16-5-3-15(4-6-16)20-12-17-21(30-20)22(26-14-25-17)24-13-18(19-2-1-11-29-19)27-7-9-28-10-8-27/h1-6,11-12,14,18H,7-10,13H2,(H,24,25,26)/t18-/m0/s1. The van der Waals surface area contributed by atoms with Gasteiger partial charge in [-0.05, 0) is 35.2 Å². The van der Waals surface area contributed by atoms with Crippen LogP contribution < -0.4 is 5.32 Å². The molecule has 8 heteroatoms. The number of thiophene rings is 2. The van der Waals surface area contributed by atoms with Crippen LogP contribution in [0.3, 0.4) is 0 Å². The lowest BCUT2D eigenvalue weighted by molar-refractivity contribution is 0.0194. The van der Waals surface area contributed by atoms with Crippen LogP contribution in [-0.4, -0.2) is 47.7 Å². The fourth-order valence-corrected chi connectivity index (χ4v) is 5.78. The van der Waals surface area contributed by atoms with Crippen molar-refractivity contribution >= 4 is 50.3 Å². The van der Waals surface area contributed by atoms with Gasteiger partial charge in [0.05, 0.1) is 29.5 Å². The molecule has 0 unspecified atom stereocenters. The van der Waals surface area contributed by atoms with Crippen LogP contribution in [0.4, 0.5) is 5.82 Å². The maximum Gasteiger partial charge on any atom is 0.147 e. The summed E-state index contributed by atoms with van der Waals surface area (Å²) in [6, 6.07) is 14.7. The molecule has 30 heavy (non-hydrogen) atoms. The van der Waals surface area contributed by atoms with Crippen LogP contribution in [0.2, 0.25) is 5.02 Å². The van der Waals surface area contributed by atoms with Crippen molar-refractivity contribution in [2.45, 2.75) is 6.04 Å². The van der Waals surface area contributed by atoms with E-state index in [1.807, 2.05) is 24.3 Å². The van der Waals surface area contributed by atoms with Gasteiger partial charge in [-0.3, -0.25) is 4.90 Å². The summed E-state index contributed by atoms with van der Waals surface area (Å²) in [6.45, 7) is 4.26. The Hall–Kier alpha value is -2.03. The Kier molecular flexibility index (Phi) is 5.97. The molecule has 154 valence electrons. The smallest absolute Gasteiger partial charge is 0.147 e. The molecular formula is C22H21ClN4OS2. The summed E-state index contributed by atoms with van der Waals surface area (Å²) in [7, 11) is 0. The van der Waals surface area contributed by atoms with Crippen molar-refractivity contribution in [1.29, 1.82) is 0 Å². The van der Waals surface area contributed by atoms with Crippen LogP contribution in [0.25, 0.3) is 20.7 Å². The highest BCUT2D eigenvalue weighted by molar-refractivity contribution is 7.22. The monoisotopic (exact) mass is 456 g/mol. The summed E-state index contributed by atoms with van der Waals surface area (Å²) in [5.74, 6) is 0.889. The van der Waals surface area contributed by atoms with E-state index in [4.69, 9.17) is 16.3 Å². The topological polar surface area (TPSA) is 50.3 Å². The van der Waals surface area contributed by atoms with Crippen molar-refractivity contribution in [3.05, 3.63) is 64.1 Å². The van der Waals surface area contributed by atoms with Gasteiger partial charge in [0.15, 0.2) is 0 Å². The fraction of sp³-hybridized carbons (Fsp3) is 0.273. The first-order chi connectivity index (χ1) is 14.8. The van der Waals surface area contributed by atoms with E-state index < -0.39 is 0 Å². The maximum atomic E-state index is 6.04. The molecule has 0 saturated carbocycles. The van der Waals surface area contributed by atoms with Crippen molar-refractivity contribution in [3.8, 4) is 10.4 Å². The van der Waals surface area contributed by atoms with Gasteiger partial charge in [-0.15, -0.1) is 22.7 Å². The minimum absolute atomic E-state index is 0.301. The van der Waals surface area contributed by atoms with Gasteiger partial charge >= 0.3 is 0 Å². The first kappa shape index (κ1) is 19.9. The van der Waals surface area contributed by atoms with Crippen LogP contribution in [0, 0.1) is 0 Å². The van der Waals surface area contributed by atoms with Crippen LogP contribution >= 0.6 is 34.3 Å². The van der Waals surface area contributed by atoms with E-state index in [-0.39, 0.29) is 0 Å². The normalized spacial score (nSPS) is 16.0. The summed E-state index contributed by atoms with van der Waals surface area (Å²) in [5.41, 5.74) is 2.10. The number of benzene rings is 1. The number of rotatable bonds is 6. The van der Waals surface area contributed by atoms with E-state index >= 15 is 0 Å². The van der Waals surface area contributed by atoms with E-state index in [2.05, 4.69) is 43.8 Å². The molecule has 5 nitrogen and oxygen atoms in total. The molecule has 5 rings (SSSR count). The molecule has 1 saturated heterocycles. The second-order valence-corrected chi connectivity index (χ2v) is 9.58. The predicted molar refractivity (Wildman–Crippen MR) is 126 cm³/mol. The highest BCUT2D eigenvalue weighted by atomic mass is 35.5. The SMILES string of the molecule is Clc1ccc(-c2cc3ncnc(NC[C@@H](c4cccs4)N4CCOCC4)c3s2)cc1. The summed E-state index contributed by atoms with van der Waals surface area (Å²) in [6.07, 6.45) is 1.64. The second-order valence-electron chi connectivity index (χ2n) is 7.11. The van der Waals surface area contributed by atoms with E-state index in [1.165, 1.54) is 4.88 Å². The average molecular weight is 457 g/mol. The number of fused-ring (bicyclic) bond motifs is 1. The summed E-state index contributed by atoms with van der Waals surface area (Å²) >= 11 is 9.55. The van der Waals surface area contributed by atoms with Crippen molar-refractivity contribution in [3.63, 3.8) is 0 Å². The number of hydrogen-bond acceptors (Lipinski definition) is 7. The highest BCUT2D eigenvalue weighted by Gasteiger charge is 2.24. The zero-order chi connectivity index (χ0) is 20.3. The second kappa shape index (κ2) is 8.99. The van der Waals surface area contributed by atoms with E-state index in [9.17, 15) is 0 Å². The molecule has 4 aromatic rings. The summed E-state index contributed by atoms with van der Waals surface area (Å²) in [4.78, 5) is 14.1. The molecule has 0 amide bonds. The molecule has 1 aliphatic rings. The number of nitrogens with one attached hydrogen (secondary N) is 1. The zero-order valence-electron chi connectivity index (χ0n) is 16.3. The van der Waals surface area contributed by atoms with Crippen molar-refractivity contribution in [1.82, 2.24) is 14.9 Å². The van der Waals surface area contributed by atoms with Crippen LogP contribution in [0.5, 0.6) is 0 Å². The number of anilines is 1. The van der Waals surface area contributed by atoms with Crippen LogP contribution in [0.15, 0.2) is 54.2 Å². The Morgan fingerprint density at radius 2 is 1.97 bits per heavy atom. The molecule has 1 aromatic carbocycles. The maximum absolute atomic E-state index is 6.04. The molecule has 4 heterocycles. The molecule has 1 N–H and O–H groups in total. The largest absolute Gasteiger partial charge is 0.379 e. The number of halogens is 1. The molecule has 0 aliphatic carbocycles. The lowest BCUT2D eigenvalue weighted by atomic mass is 10.2. The van der Waals surface area contributed by atoms with Gasteiger partial charge in [-0.1, -0.05) is 29.8 Å². The van der Waals surface area contributed by atoms with Gasteiger partial charge in [0.1, 0.15) is 12.1 Å². The Morgan fingerprint density at radius 1 is 1.13 bits per heavy atom. The Labute approximate surface area is 188 Å². The highest BCUT2D eigenvalue weighted by Crippen LogP contribution is 2.36. The van der Waals surface area contributed by atoms with E-state index in [0.717, 1.165) is 64.3 Å². The quantitative estimate of drug-likeness (QED) is 0.411. The molecule has 1 fully saturated rings. The summed E-state index contributed by atoms with van der Waals surface area (Å²) in [5, 5.41) is 6.49. The number of aromatic nitrogens is 2. The molecule has 0 bridgehead atoms. The number of hydrogen-bond donors (Lipinski definition) is 1. The fourth-order valence-electron chi connectivity index (χ4n) is 3.71. The Bertz CT molecular complexity index is 1110. The minimum atomic E-state index is 0.301. The van der Waals surface area contributed by atoms with Gasteiger partial charge in [-0.25, -0.2) is 9.97 Å². The lowest BCUT2D eigenvalue weighted by Gasteiger charge is -2.34.